The summed E-state index contributed by atoms with van der Waals surface area (Å²) >= 11 is 0. The highest BCUT2D eigenvalue weighted by Gasteiger charge is 2.16. The fraction of sp³-hybridized carbons (Fsp3) is 0.909. The molecule has 4 heteroatoms. The van der Waals surface area contributed by atoms with E-state index in [9.17, 15) is 9.59 Å². The van der Waals surface area contributed by atoms with Crippen LogP contribution in [0.4, 0.5) is 0 Å². The van der Waals surface area contributed by atoms with Gasteiger partial charge in [-0.25, -0.2) is 0 Å². The molecule has 0 aliphatic rings. The van der Waals surface area contributed by atoms with Gasteiger partial charge in [0, 0.05) is 12.8 Å². The molecule has 26 heavy (non-hydrogen) atoms. The van der Waals surface area contributed by atoms with E-state index in [0.29, 0.717) is 19.4 Å². The summed E-state index contributed by atoms with van der Waals surface area (Å²) in [5, 5.41) is 8.88. The van der Waals surface area contributed by atoms with Crippen molar-refractivity contribution in [2.24, 2.45) is 5.92 Å². The molecule has 0 bridgehead atoms. The van der Waals surface area contributed by atoms with Crippen LogP contribution in [0, 0.1) is 5.92 Å². The van der Waals surface area contributed by atoms with Crippen LogP contribution in [-0.4, -0.2) is 23.7 Å². The molecule has 1 N–H and O–H groups in total. The number of carbonyl (C=O) groups excluding carboxylic acids is 1. The molecule has 0 aliphatic carbocycles. The van der Waals surface area contributed by atoms with E-state index in [0.717, 1.165) is 32.1 Å². The Kier molecular flexibility index (Phi) is 18.0. The van der Waals surface area contributed by atoms with Crippen molar-refractivity contribution in [1.82, 2.24) is 0 Å². The minimum atomic E-state index is -0.782. The molecule has 0 aromatic heterocycles. The fourth-order valence-corrected chi connectivity index (χ4v) is 3.25. The Balaban J connectivity index is 3.80. The minimum absolute atomic E-state index is 0.143. The second-order valence-electron chi connectivity index (χ2n) is 7.55. The number of rotatable bonds is 19. The van der Waals surface area contributed by atoms with Crippen LogP contribution in [0.5, 0.6) is 0 Å². The molecule has 4 nitrogen and oxygen atoms in total. The highest BCUT2D eigenvalue weighted by Crippen LogP contribution is 2.20. The Morgan fingerprint density at radius 1 is 0.769 bits per heavy atom. The monoisotopic (exact) mass is 370 g/mol. The number of hydrogen-bond donors (Lipinski definition) is 1. The molecule has 1 unspecified atom stereocenters. The van der Waals surface area contributed by atoms with Gasteiger partial charge in [0.25, 0.3) is 0 Å². The number of carboxylic acid groups (broad SMARTS) is 1. The molecule has 0 radical (unpaired) electrons. The Morgan fingerprint density at radius 3 is 1.88 bits per heavy atom. The average Bonchev–Trinajstić information content (AvgIpc) is 2.61. The third kappa shape index (κ3) is 17.8. The highest BCUT2D eigenvalue weighted by molar-refractivity contribution is 5.70. The summed E-state index contributed by atoms with van der Waals surface area (Å²) in [6.45, 7) is 4.91. The van der Waals surface area contributed by atoms with Crippen molar-refractivity contribution in [2.75, 3.05) is 6.61 Å². The van der Waals surface area contributed by atoms with Crippen LogP contribution in [0.2, 0.25) is 0 Å². The maximum Gasteiger partial charge on any atom is 0.306 e. The van der Waals surface area contributed by atoms with Crippen LogP contribution < -0.4 is 0 Å². The molecule has 154 valence electrons. The fourth-order valence-electron chi connectivity index (χ4n) is 3.25. The van der Waals surface area contributed by atoms with Crippen molar-refractivity contribution >= 4 is 11.9 Å². The first-order valence-corrected chi connectivity index (χ1v) is 11.0. The summed E-state index contributed by atoms with van der Waals surface area (Å²) in [5.74, 6) is -0.788. The van der Waals surface area contributed by atoms with Crippen molar-refractivity contribution in [3.05, 3.63) is 0 Å². The molecule has 0 saturated heterocycles. The molecule has 0 aromatic carbocycles. The molecule has 1 atom stereocenters. The summed E-state index contributed by atoms with van der Waals surface area (Å²) in [7, 11) is 0. The van der Waals surface area contributed by atoms with Gasteiger partial charge in [-0.15, -0.1) is 0 Å². The summed E-state index contributed by atoms with van der Waals surface area (Å²) < 4.78 is 5.37. The smallest absolute Gasteiger partial charge is 0.306 e. The number of esters is 1. The predicted octanol–water partition coefficient (Wildman–Crippen LogP) is 6.51. The second kappa shape index (κ2) is 18.7. The molecule has 0 aliphatic heterocycles. The van der Waals surface area contributed by atoms with E-state index in [2.05, 4.69) is 13.8 Å². The first-order chi connectivity index (χ1) is 12.6. The molecular formula is C22H42O4. The number of carbonyl (C=O) groups is 2. The standard InChI is InChI=1S/C22H42O4/c1-3-5-7-9-10-11-12-14-18-26-22(25)19-20(16-17-21(23)24)15-13-8-6-4-2/h20H,3-19H2,1-2H3,(H,23,24). The van der Waals surface area contributed by atoms with Gasteiger partial charge in [-0.05, 0) is 25.2 Å². The van der Waals surface area contributed by atoms with Crippen molar-refractivity contribution < 1.29 is 19.4 Å². The lowest BCUT2D eigenvalue weighted by Crippen LogP contribution is -2.14. The van der Waals surface area contributed by atoms with E-state index in [-0.39, 0.29) is 18.3 Å². The summed E-state index contributed by atoms with van der Waals surface area (Å²) in [5.41, 5.74) is 0. The molecule has 0 heterocycles. The maximum absolute atomic E-state index is 12.0. The summed E-state index contributed by atoms with van der Waals surface area (Å²) in [6, 6.07) is 0. The normalized spacial score (nSPS) is 12.1. The Bertz CT molecular complexity index is 341. The first kappa shape index (κ1) is 24.9. The molecular weight excluding hydrogens is 328 g/mol. The Hall–Kier alpha value is -1.06. The summed E-state index contributed by atoms with van der Waals surface area (Å²) in [4.78, 5) is 22.8. The quantitative estimate of drug-likeness (QED) is 0.208. The lowest BCUT2D eigenvalue weighted by atomic mass is 9.93. The van der Waals surface area contributed by atoms with Crippen molar-refractivity contribution in [3.8, 4) is 0 Å². The topological polar surface area (TPSA) is 63.6 Å². The third-order valence-corrected chi connectivity index (χ3v) is 4.95. The van der Waals surface area contributed by atoms with Gasteiger partial charge in [0.2, 0.25) is 0 Å². The van der Waals surface area contributed by atoms with Crippen molar-refractivity contribution in [3.63, 3.8) is 0 Å². The van der Waals surface area contributed by atoms with Crippen molar-refractivity contribution in [1.29, 1.82) is 0 Å². The van der Waals surface area contributed by atoms with E-state index in [1.165, 1.54) is 51.4 Å². The van der Waals surface area contributed by atoms with Gasteiger partial charge in [-0.3, -0.25) is 9.59 Å². The van der Waals surface area contributed by atoms with Crippen LogP contribution in [0.3, 0.4) is 0 Å². The van der Waals surface area contributed by atoms with E-state index in [4.69, 9.17) is 9.84 Å². The molecule has 0 spiro atoms. The molecule has 0 rings (SSSR count). The van der Waals surface area contributed by atoms with Crippen LogP contribution in [0.15, 0.2) is 0 Å². The highest BCUT2D eigenvalue weighted by atomic mass is 16.5. The van der Waals surface area contributed by atoms with Crippen molar-refractivity contribution in [2.45, 2.75) is 117 Å². The average molecular weight is 371 g/mol. The first-order valence-electron chi connectivity index (χ1n) is 11.0. The van der Waals surface area contributed by atoms with Crippen LogP contribution >= 0.6 is 0 Å². The summed E-state index contributed by atoms with van der Waals surface area (Å²) in [6.07, 6.45) is 16.5. The molecule has 0 saturated carbocycles. The van der Waals surface area contributed by atoms with Crippen LogP contribution in [-0.2, 0) is 14.3 Å². The zero-order valence-electron chi connectivity index (χ0n) is 17.3. The molecule has 0 amide bonds. The van der Waals surface area contributed by atoms with Gasteiger partial charge < -0.3 is 9.84 Å². The van der Waals surface area contributed by atoms with E-state index in [1.807, 2.05) is 0 Å². The zero-order chi connectivity index (χ0) is 19.5. The second-order valence-corrected chi connectivity index (χ2v) is 7.55. The van der Waals surface area contributed by atoms with E-state index >= 15 is 0 Å². The SMILES string of the molecule is CCCCCCCCCCOC(=O)CC(CCCCCC)CCC(=O)O. The maximum atomic E-state index is 12.0. The third-order valence-electron chi connectivity index (χ3n) is 4.95. The van der Waals surface area contributed by atoms with Gasteiger partial charge in [-0.1, -0.05) is 84.5 Å². The largest absolute Gasteiger partial charge is 0.481 e. The van der Waals surface area contributed by atoms with Gasteiger partial charge in [0.1, 0.15) is 0 Å². The number of aliphatic carboxylic acids is 1. The van der Waals surface area contributed by atoms with Crippen LogP contribution in [0.1, 0.15) is 117 Å². The Morgan fingerprint density at radius 2 is 1.31 bits per heavy atom. The number of carboxylic acids is 1. The van der Waals surface area contributed by atoms with Gasteiger partial charge in [-0.2, -0.15) is 0 Å². The number of unbranched alkanes of at least 4 members (excludes halogenated alkanes) is 10. The molecule has 0 aromatic rings. The molecule has 0 fully saturated rings. The van der Waals surface area contributed by atoms with Gasteiger partial charge in [0.05, 0.1) is 6.61 Å². The Labute approximate surface area is 161 Å². The van der Waals surface area contributed by atoms with E-state index < -0.39 is 5.97 Å². The predicted molar refractivity (Wildman–Crippen MR) is 107 cm³/mol. The number of hydrogen-bond acceptors (Lipinski definition) is 3. The van der Waals surface area contributed by atoms with Crippen LogP contribution in [0.25, 0.3) is 0 Å². The zero-order valence-corrected chi connectivity index (χ0v) is 17.3. The number of ether oxygens (including phenoxy) is 1. The van der Waals surface area contributed by atoms with Gasteiger partial charge >= 0.3 is 11.9 Å². The lowest BCUT2D eigenvalue weighted by molar-refractivity contribution is -0.145. The van der Waals surface area contributed by atoms with Gasteiger partial charge in [0.15, 0.2) is 0 Å². The van der Waals surface area contributed by atoms with E-state index in [1.54, 1.807) is 0 Å². The minimum Gasteiger partial charge on any atom is -0.481 e. The lowest BCUT2D eigenvalue weighted by Gasteiger charge is -2.15.